The highest BCUT2D eigenvalue weighted by atomic mass is 19.1. The van der Waals surface area contributed by atoms with Crippen LogP contribution in [0.5, 0.6) is 0 Å². The minimum Gasteiger partial charge on any atom is -0.450 e. The molecule has 6 heteroatoms. The molecule has 1 saturated heterocycles. The highest BCUT2D eigenvalue weighted by Gasteiger charge is 2.24. The lowest BCUT2D eigenvalue weighted by Crippen LogP contribution is -2.43. The Hall–Kier alpha value is -2.73. The second kappa shape index (κ2) is 7.12. The maximum Gasteiger partial charge on any atom is 0.195 e. The van der Waals surface area contributed by atoms with Crippen molar-refractivity contribution in [1.29, 1.82) is 0 Å². The average molecular weight is 370 g/mol. The Morgan fingerprint density at radius 3 is 2.63 bits per heavy atom. The molecular weight excluding hydrogens is 350 g/mol. The number of rotatable bonds is 4. The fourth-order valence-electron chi connectivity index (χ4n) is 3.65. The molecule has 27 heavy (non-hydrogen) atoms. The fourth-order valence-corrected chi connectivity index (χ4v) is 3.65. The van der Waals surface area contributed by atoms with Crippen LogP contribution in [0.1, 0.15) is 28.6 Å². The molecule has 0 aliphatic carbocycles. The van der Waals surface area contributed by atoms with E-state index < -0.39 is 0 Å². The SMILES string of the molecule is CC(=O)c1oc2c(N3CCNCC3)cc(F)cc2c1Cc1cccc(F)c1. The van der Waals surface area contributed by atoms with Crippen LogP contribution in [0.3, 0.4) is 0 Å². The van der Waals surface area contributed by atoms with E-state index >= 15 is 0 Å². The number of fused-ring (bicyclic) bond motifs is 1. The van der Waals surface area contributed by atoms with Gasteiger partial charge in [-0.15, -0.1) is 0 Å². The molecule has 0 radical (unpaired) electrons. The van der Waals surface area contributed by atoms with Gasteiger partial charge >= 0.3 is 0 Å². The normalized spacial score (nSPS) is 14.7. The van der Waals surface area contributed by atoms with Crippen molar-refractivity contribution in [3.63, 3.8) is 0 Å². The van der Waals surface area contributed by atoms with Gasteiger partial charge < -0.3 is 14.6 Å². The van der Waals surface area contributed by atoms with Crippen LogP contribution in [0, 0.1) is 11.6 Å². The van der Waals surface area contributed by atoms with Gasteiger partial charge in [-0.1, -0.05) is 12.1 Å². The molecule has 0 unspecified atom stereocenters. The molecule has 3 aromatic rings. The van der Waals surface area contributed by atoms with Crippen LogP contribution >= 0.6 is 0 Å². The minimum absolute atomic E-state index is 0.205. The van der Waals surface area contributed by atoms with Gasteiger partial charge in [-0.25, -0.2) is 8.78 Å². The number of nitrogens with one attached hydrogen (secondary N) is 1. The predicted octanol–water partition coefficient (Wildman–Crippen LogP) is 3.91. The monoisotopic (exact) mass is 370 g/mol. The highest BCUT2D eigenvalue weighted by Crippen LogP contribution is 2.36. The van der Waals surface area contributed by atoms with Crippen LogP contribution in [0.4, 0.5) is 14.5 Å². The number of furan rings is 1. The summed E-state index contributed by atoms with van der Waals surface area (Å²) < 4.78 is 33.9. The highest BCUT2D eigenvalue weighted by molar-refractivity contribution is 6.02. The maximum absolute atomic E-state index is 14.4. The standard InChI is InChI=1S/C21H20F2N2O2/c1-13(26)20-17(10-14-3-2-4-15(22)9-14)18-11-16(23)12-19(21(18)27-20)25-7-5-24-6-8-25/h2-4,9,11-12,24H,5-8,10H2,1H3. The summed E-state index contributed by atoms with van der Waals surface area (Å²) in [5.41, 5.74) is 2.46. The molecule has 1 aliphatic rings. The summed E-state index contributed by atoms with van der Waals surface area (Å²) >= 11 is 0. The van der Waals surface area contributed by atoms with Crippen molar-refractivity contribution in [3.05, 3.63) is 64.9 Å². The van der Waals surface area contributed by atoms with Gasteiger partial charge in [-0.05, 0) is 23.8 Å². The lowest BCUT2D eigenvalue weighted by molar-refractivity contribution is 0.0988. The Morgan fingerprint density at radius 2 is 1.93 bits per heavy atom. The van der Waals surface area contributed by atoms with Crippen molar-refractivity contribution < 1.29 is 18.0 Å². The van der Waals surface area contributed by atoms with E-state index in [9.17, 15) is 13.6 Å². The average Bonchev–Trinajstić information content (AvgIpc) is 3.00. The Kier molecular flexibility index (Phi) is 4.66. The molecule has 1 fully saturated rings. The van der Waals surface area contributed by atoms with Crippen LogP contribution < -0.4 is 10.2 Å². The first kappa shape index (κ1) is 17.7. The lowest BCUT2D eigenvalue weighted by atomic mass is 10.00. The third kappa shape index (κ3) is 3.45. The van der Waals surface area contributed by atoms with Crippen molar-refractivity contribution in [2.75, 3.05) is 31.1 Å². The molecule has 0 amide bonds. The number of hydrogen-bond acceptors (Lipinski definition) is 4. The van der Waals surface area contributed by atoms with Crippen molar-refractivity contribution in [1.82, 2.24) is 5.32 Å². The number of anilines is 1. The van der Waals surface area contributed by atoms with Gasteiger partial charge in [-0.3, -0.25) is 4.79 Å². The van der Waals surface area contributed by atoms with Crippen molar-refractivity contribution >= 4 is 22.4 Å². The van der Waals surface area contributed by atoms with E-state index in [1.54, 1.807) is 12.1 Å². The molecular formula is C21H20F2N2O2. The third-order valence-electron chi connectivity index (χ3n) is 4.88. The number of carbonyl (C=O) groups is 1. The smallest absolute Gasteiger partial charge is 0.195 e. The summed E-state index contributed by atoms with van der Waals surface area (Å²) in [7, 11) is 0. The molecule has 2 heterocycles. The van der Waals surface area contributed by atoms with E-state index in [-0.39, 0.29) is 23.2 Å². The van der Waals surface area contributed by atoms with Crippen LogP contribution in [0.15, 0.2) is 40.8 Å². The van der Waals surface area contributed by atoms with E-state index in [1.165, 1.54) is 31.2 Å². The van der Waals surface area contributed by atoms with Gasteiger partial charge in [0.1, 0.15) is 11.6 Å². The Morgan fingerprint density at radius 1 is 1.15 bits per heavy atom. The summed E-state index contributed by atoms with van der Waals surface area (Å²) in [6.45, 7) is 4.48. The summed E-state index contributed by atoms with van der Waals surface area (Å²) in [5, 5.41) is 3.83. The molecule has 2 aromatic carbocycles. The molecule has 4 nitrogen and oxygen atoms in total. The maximum atomic E-state index is 14.4. The zero-order chi connectivity index (χ0) is 19.0. The number of carbonyl (C=O) groups excluding carboxylic acids is 1. The Labute approximate surface area is 155 Å². The van der Waals surface area contributed by atoms with Gasteiger partial charge in [-0.2, -0.15) is 0 Å². The number of halogens is 2. The second-order valence-corrected chi connectivity index (χ2v) is 6.81. The first-order valence-corrected chi connectivity index (χ1v) is 8.99. The summed E-state index contributed by atoms with van der Waals surface area (Å²) in [5.74, 6) is -0.759. The van der Waals surface area contributed by atoms with E-state index in [0.717, 1.165) is 26.2 Å². The minimum atomic E-state index is -0.382. The molecule has 0 saturated carbocycles. The number of benzene rings is 2. The van der Waals surface area contributed by atoms with E-state index in [1.807, 2.05) is 0 Å². The van der Waals surface area contributed by atoms with E-state index in [4.69, 9.17) is 4.42 Å². The number of hydrogen-bond donors (Lipinski definition) is 1. The van der Waals surface area contributed by atoms with Crippen LogP contribution in [-0.4, -0.2) is 32.0 Å². The van der Waals surface area contributed by atoms with Crippen molar-refractivity contribution in [3.8, 4) is 0 Å². The number of Topliss-reactive ketones (excluding diaryl/α,β-unsaturated/α-hetero) is 1. The molecule has 1 aliphatic heterocycles. The third-order valence-corrected chi connectivity index (χ3v) is 4.88. The molecule has 0 spiro atoms. The number of piperazine rings is 1. The number of nitrogens with zero attached hydrogens (tertiary/aromatic N) is 1. The molecule has 1 N–H and O–H groups in total. The fraction of sp³-hybridized carbons (Fsp3) is 0.286. The van der Waals surface area contributed by atoms with Gasteiger partial charge in [0.05, 0.1) is 5.69 Å². The van der Waals surface area contributed by atoms with Crippen molar-refractivity contribution in [2.24, 2.45) is 0 Å². The first-order valence-electron chi connectivity index (χ1n) is 8.99. The molecule has 0 atom stereocenters. The van der Waals surface area contributed by atoms with E-state index in [2.05, 4.69) is 10.2 Å². The van der Waals surface area contributed by atoms with Crippen LogP contribution in [-0.2, 0) is 6.42 Å². The second-order valence-electron chi connectivity index (χ2n) is 6.81. The van der Waals surface area contributed by atoms with E-state index in [0.29, 0.717) is 34.2 Å². The van der Waals surface area contributed by atoms with Crippen LogP contribution in [0.25, 0.3) is 11.0 Å². The predicted molar refractivity (Wildman–Crippen MR) is 100 cm³/mol. The lowest BCUT2D eigenvalue weighted by Gasteiger charge is -2.29. The van der Waals surface area contributed by atoms with Gasteiger partial charge in [0.15, 0.2) is 17.1 Å². The topological polar surface area (TPSA) is 45.5 Å². The zero-order valence-corrected chi connectivity index (χ0v) is 15.0. The van der Waals surface area contributed by atoms with Gasteiger partial charge in [0, 0.05) is 56.5 Å². The molecule has 0 bridgehead atoms. The van der Waals surface area contributed by atoms with Gasteiger partial charge in [0.25, 0.3) is 0 Å². The quantitative estimate of drug-likeness (QED) is 0.707. The van der Waals surface area contributed by atoms with Crippen LogP contribution in [0.2, 0.25) is 0 Å². The molecule has 1 aromatic heterocycles. The first-order chi connectivity index (χ1) is 13.0. The summed E-state index contributed by atoms with van der Waals surface area (Å²) in [6.07, 6.45) is 0.296. The summed E-state index contributed by atoms with van der Waals surface area (Å²) in [4.78, 5) is 14.2. The van der Waals surface area contributed by atoms with Crippen molar-refractivity contribution in [2.45, 2.75) is 13.3 Å². The summed E-state index contributed by atoms with van der Waals surface area (Å²) in [6, 6.07) is 9.03. The molecule has 140 valence electrons. The molecule has 4 rings (SSSR count). The number of ketones is 1. The Bertz CT molecular complexity index is 1010. The zero-order valence-electron chi connectivity index (χ0n) is 15.0. The largest absolute Gasteiger partial charge is 0.450 e. The Balaban J connectivity index is 1.87. The van der Waals surface area contributed by atoms with Gasteiger partial charge in [0.2, 0.25) is 0 Å².